The maximum absolute atomic E-state index is 5.37. The van der Waals surface area contributed by atoms with E-state index < -0.39 is 0 Å². The number of allylic oxidation sites excluding steroid dienone is 1. The van der Waals surface area contributed by atoms with Gasteiger partial charge in [0.2, 0.25) is 0 Å². The van der Waals surface area contributed by atoms with E-state index in [0.717, 1.165) is 6.42 Å². The van der Waals surface area contributed by atoms with Crippen molar-refractivity contribution in [3.05, 3.63) is 12.2 Å². The second-order valence-corrected chi connectivity index (χ2v) is 4.05. The van der Waals surface area contributed by atoms with Gasteiger partial charge in [-0.05, 0) is 19.3 Å². The third-order valence-electron chi connectivity index (χ3n) is 2.70. The normalized spacial score (nSPS) is 17.7. The van der Waals surface area contributed by atoms with Gasteiger partial charge in [0.15, 0.2) is 0 Å². The molecule has 0 radical (unpaired) electrons. The smallest absolute Gasteiger partial charge is 0.108 e. The highest BCUT2D eigenvalue weighted by Crippen LogP contribution is 2.22. The van der Waals surface area contributed by atoms with Crippen LogP contribution >= 0.6 is 0 Å². The Bertz CT molecular complexity index is 225. The summed E-state index contributed by atoms with van der Waals surface area (Å²) in [6.45, 7) is 3.41. The van der Waals surface area contributed by atoms with Gasteiger partial charge < -0.3 is 4.74 Å². The summed E-state index contributed by atoms with van der Waals surface area (Å²) in [4.78, 5) is 0. The summed E-state index contributed by atoms with van der Waals surface area (Å²) < 4.78 is 5.37. The molecule has 0 aromatic rings. The summed E-state index contributed by atoms with van der Waals surface area (Å²) in [6, 6.07) is 0. The van der Waals surface area contributed by atoms with Gasteiger partial charge in [-0.25, -0.2) is 0 Å². The average Bonchev–Trinajstić information content (AvgIpc) is 2.29. The molecule has 84 valence electrons. The van der Waals surface area contributed by atoms with E-state index in [-0.39, 0.29) is 0 Å². The lowest BCUT2D eigenvalue weighted by molar-refractivity contribution is 0.199. The molecule has 1 rings (SSSR count). The Morgan fingerprint density at radius 3 is 2.73 bits per heavy atom. The third kappa shape index (κ3) is 6.36. The van der Waals surface area contributed by atoms with Crippen LogP contribution in [-0.4, -0.2) is 13.2 Å². The molecule has 1 saturated carbocycles. The van der Waals surface area contributed by atoms with Crippen molar-refractivity contribution in [1.29, 1.82) is 0 Å². The topological polar surface area (TPSA) is 9.23 Å². The summed E-state index contributed by atoms with van der Waals surface area (Å²) in [5.74, 6) is 7.09. The summed E-state index contributed by atoms with van der Waals surface area (Å²) in [7, 11) is 0. The molecular formula is C14H22O. The number of rotatable bonds is 4. The molecule has 0 bridgehead atoms. The Kier molecular flexibility index (Phi) is 7.04. The zero-order valence-electron chi connectivity index (χ0n) is 9.80. The van der Waals surface area contributed by atoms with Gasteiger partial charge in [-0.2, -0.15) is 0 Å². The van der Waals surface area contributed by atoms with Crippen LogP contribution in [0.2, 0.25) is 0 Å². The van der Waals surface area contributed by atoms with Gasteiger partial charge in [0.1, 0.15) is 6.61 Å². The van der Waals surface area contributed by atoms with Crippen molar-refractivity contribution in [3.8, 4) is 11.8 Å². The first-order valence-electron chi connectivity index (χ1n) is 6.14. The van der Waals surface area contributed by atoms with E-state index in [2.05, 4.69) is 30.9 Å². The van der Waals surface area contributed by atoms with Gasteiger partial charge in [-0.3, -0.25) is 0 Å². The monoisotopic (exact) mass is 206 g/mol. The zero-order valence-corrected chi connectivity index (χ0v) is 9.80. The van der Waals surface area contributed by atoms with Gasteiger partial charge in [-0.15, -0.1) is 0 Å². The van der Waals surface area contributed by atoms with Crippen molar-refractivity contribution in [2.24, 2.45) is 5.92 Å². The molecule has 1 nitrogen and oxygen atoms in total. The predicted molar refractivity (Wildman–Crippen MR) is 64.6 cm³/mol. The minimum Gasteiger partial charge on any atom is -0.365 e. The first-order valence-corrected chi connectivity index (χ1v) is 6.14. The molecule has 0 heterocycles. The van der Waals surface area contributed by atoms with E-state index >= 15 is 0 Å². The summed E-state index contributed by atoms with van der Waals surface area (Å²) in [5.41, 5.74) is 0. The Balaban J connectivity index is 2.02. The molecular weight excluding hydrogens is 184 g/mol. The van der Waals surface area contributed by atoms with Gasteiger partial charge in [0.25, 0.3) is 0 Å². The van der Waals surface area contributed by atoms with Crippen molar-refractivity contribution in [2.75, 3.05) is 13.2 Å². The Hall–Kier alpha value is -0.740. The predicted octanol–water partition coefficient (Wildman–Crippen LogP) is 3.55. The highest BCUT2D eigenvalue weighted by Gasteiger charge is 2.09. The molecule has 0 N–H and O–H groups in total. The number of hydrogen-bond donors (Lipinski definition) is 0. The molecule has 0 amide bonds. The molecule has 0 aromatic carbocycles. The number of ether oxygens (including phenoxy) is 1. The second kappa shape index (κ2) is 8.56. The van der Waals surface area contributed by atoms with Gasteiger partial charge in [0.05, 0.1) is 6.61 Å². The fourth-order valence-electron chi connectivity index (χ4n) is 1.85. The largest absolute Gasteiger partial charge is 0.365 e. The molecule has 1 heteroatoms. The van der Waals surface area contributed by atoms with Crippen LogP contribution in [0, 0.1) is 17.8 Å². The third-order valence-corrected chi connectivity index (χ3v) is 2.70. The van der Waals surface area contributed by atoms with Crippen LogP contribution in [0.5, 0.6) is 0 Å². The molecule has 1 aliphatic carbocycles. The molecule has 0 atom stereocenters. The fourth-order valence-corrected chi connectivity index (χ4v) is 1.85. The van der Waals surface area contributed by atoms with Crippen molar-refractivity contribution in [2.45, 2.75) is 45.4 Å². The van der Waals surface area contributed by atoms with E-state index in [9.17, 15) is 0 Å². The van der Waals surface area contributed by atoms with Crippen molar-refractivity contribution in [1.82, 2.24) is 0 Å². The molecule has 0 aliphatic heterocycles. The van der Waals surface area contributed by atoms with Crippen LogP contribution in [0.4, 0.5) is 0 Å². The van der Waals surface area contributed by atoms with Crippen molar-refractivity contribution in [3.63, 3.8) is 0 Å². The van der Waals surface area contributed by atoms with Crippen LogP contribution in [-0.2, 0) is 4.74 Å². The molecule has 0 spiro atoms. The van der Waals surface area contributed by atoms with E-state index in [4.69, 9.17) is 4.74 Å². The minimum atomic E-state index is 0.588. The lowest BCUT2D eigenvalue weighted by Crippen LogP contribution is -2.03. The van der Waals surface area contributed by atoms with E-state index in [1.54, 1.807) is 0 Å². The Morgan fingerprint density at radius 2 is 2.00 bits per heavy atom. The summed E-state index contributed by atoms with van der Waals surface area (Å²) in [5, 5.41) is 0. The summed E-state index contributed by atoms with van der Waals surface area (Å²) in [6.07, 6.45) is 12.0. The maximum atomic E-state index is 5.37. The number of hydrogen-bond acceptors (Lipinski definition) is 1. The van der Waals surface area contributed by atoms with E-state index in [0.29, 0.717) is 19.1 Å². The first-order chi connectivity index (χ1) is 7.43. The fraction of sp³-hybridized carbons (Fsp3) is 0.714. The first kappa shape index (κ1) is 12.3. The molecule has 0 unspecified atom stereocenters. The van der Waals surface area contributed by atoms with Crippen LogP contribution in [0.1, 0.15) is 45.4 Å². The van der Waals surface area contributed by atoms with Gasteiger partial charge in [0, 0.05) is 5.92 Å². The maximum Gasteiger partial charge on any atom is 0.108 e. The quantitative estimate of drug-likeness (QED) is 0.388. The average molecular weight is 206 g/mol. The second-order valence-electron chi connectivity index (χ2n) is 4.05. The molecule has 15 heavy (non-hydrogen) atoms. The van der Waals surface area contributed by atoms with Crippen molar-refractivity contribution >= 4 is 0 Å². The lowest BCUT2D eigenvalue weighted by Gasteiger charge is -2.15. The van der Waals surface area contributed by atoms with E-state index in [1.165, 1.54) is 32.1 Å². The molecule has 1 aliphatic rings. The SMILES string of the molecule is CC/C=C/COCC#CC1CCCCC1. The van der Waals surface area contributed by atoms with Crippen LogP contribution in [0.15, 0.2) is 12.2 Å². The Morgan fingerprint density at radius 1 is 1.20 bits per heavy atom. The molecule has 0 aromatic heterocycles. The van der Waals surface area contributed by atoms with Crippen LogP contribution in [0.3, 0.4) is 0 Å². The van der Waals surface area contributed by atoms with Crippen molar-refractivity contribution < 1.29 is 4.74 Å². The minimum absolute atomic E-state index is 0.588. The van der Waals surface area contributed by atoms with E-state index in [1.807, 2.05) is 0 Å². The van der Waals surface area contributed by atoms with Gasteiger partial charge >= 0.3 is 0 Å². The highest BCUT2D eigenvalue weighted by molar-refractivity contribution is 5.04. The summed E-state index contributed by atoms with van der Waals surface area (Å²) >= 11 is 0. The lowest BCUT2D eigenvalue weighted by atomic mass is 9.90. The molecule has 1 fully saturated rings. The standard InChI is InChI=1S/C14H22O/c1-2-3-7-12-15-13-8-11-14-9-5-4-6-10-14/h3,7,14H,2,4-6,9-10,12-13H2,1H3/b7-3+. The van der Waals surface area contributed by atoms with Crippen LogP contribution < -0.4 is 0 Å². The van der Waals surface area contributed by atoms with Gasteiger partial charge in [-0.1, -0.05) is 50.2 Å². The highest BCUT2D eigenvalue weighted by atomic mass is 16.5. The van der Waals surface area contributed by atoms with Crippen LogP contribution in [0.25, 0.3) is 0 Å². The zero-order chi connectivity index (χ0) is 10.8. The molecule has 0 saturated heterocycles. The Labute approximate surface area is 93.9 Å².